The van der Waals surface area contributed by atoms with Crippen LogP contribution in [0.1, 0.15) is 32.7 Å². The number of carbonyl (C=O) groups excluding carboxylic acids is 1. The summed E-state index contributed by atoms with van der Waals surface area (Å²) in [7, 11) is 0. The molecule has 33 heavy (non-hydrogen) atoms. The summed E-state index contributed by atoms with van der Waals surface area (Å²) in [5.41, 5.74) is 6.25. The summed E-state index contributed by atoms with van der Waals surface area (Å²) in [6, 6.07) is 24.4. The molecule has 0 radical (unpaired) electrons. The van der Waals surface area contributed by atoms with Gasteiger partial charge in [-0.1, -0.05) is 54.1 Å². The zero-order valence-corrected chi connectivity index (χ0v) is 18.7. The highest BCUT2D eigenvalue weighted by molar-refractivity contribution is 6.07. The molecule has 5 heteroatoms. The van der Waals surface area contributed by atoms with E-state index in [1.807, 2.05) is 76.6 Å². The minimum Gasteiger partial charge on any atom is -0.328 e. The zero-order chi connectivity index (χ0) is 22.5. The van der Waals surface area contributed by atoms with E-state index in [-0.39, 0.29) is 5.91 Å². The van der Waals surface area contributed by atoms with Gasteiger partial charge in [0.1, 0.15) is 5.82 Å². The Morgan fingerprint density at radius 1 is 0.879 bits per heavy atom. The van der Waals surface area contributed by atoms with E-state index < -0.39 is 0 Å². The van der Waals surface area contributed by atoms with Gasteiger partial charge in [-0.25, -0.2) is 4.68 Å². The smallest absolute Gasteiger partial charge is 0.255 e. The van der Waals surface area contributed by atoms with Crippen LogP contribution >= 0.6 is 0 Å². The Morgan fingerprint density at radius 2 is 1.67 bits per heavy atom. The van der Waals surface area contributed by atoms with Crippen LogP contribution in [0.4, 0.5) is 0 Å². The number of hydrogen-bond donors (Lipinski definition) is 0. The van der Waals surface area contributed by atoms with Crippen molar-refractivity contribution in [3.8, 4) is 11.5 Å². The van der Waals surface area contributed by atoms with Gasteiger partial charge in [0.05, 0.1) is 24.5 Å². The molecule has 0 fully saturated rings. The van der Waals surface area contributed by atoms with E-state index in [2.05, 4.69) is 36.6 Å². The molecule has 0 aliphatic carbocycles. The van der Waals surface area contributed by atoms with Crippen LogP contribution in [0.3, 0.4) is 0 Å². The van der Waals surface area contributed by atoms with Crippen molar-refractivity contribution in [2.75, 3.05) is 0 Å². The number of nitrogens with zero attached hydrogens (tertiary/aromatic N) is 4. The van der Waals surface area contributed by atoms with Gasteiger partial charge in [-0.2, -0.15) is 5.10 Å². The molecule has 2 aromatic heterocycles. The third-order valence-corrected chi connectivity index (χ3v) is 6.47. The third kappa shape index (κ3) is 3.16. The zero-order valence-electron chi connectivity index (χ0n) is 18.7. The summed E-state index contributed by atoms with van der Waals surface area (Å²) in [6.07, 6.45) is 4.07. The van der Waals surface area contributed by atoms with Gasteiger partial charge >= 0.3 is 0 Å². The first-order valence-electron chi connectivity index (χ1n) is 11.2. The number of amides is 1. The molecule has 0 spiro atoms. The van der Waals surface area contributed by atoms with Crippen molar-refractivity contribution in [2.24, 2.45) is 0 Å². The minimum absolute atomic E-state index is 0.0429. The van der Waals surface area contributed by atoms with Crippen molar-refractivity contribution < 1.29 is 4.79 Å². The third-order valence-electron chi connectivity index (χ3n) is 6.47. The summed E-state index contributed by atoms with van der Waals surface area (Å²) in [5, 5.41) is 7.06. The Balaban J connectivity index is 1.42. The second-order valence-corrected chi connectivity index (χ2v) is 8.73. The molecule has 0 saturated heterocycles. The van der Waals surface area contributed by atoms with E-state index in [1.54, 1.807) is 0 Å². The number of fused-ring (bicyclic) bond motifs is 2. The maximum absolute atomic E-state index is 13.6. The van der Waals surface area contributed by atoms with Crippen LogP contribution in [-0.4, -0.2) is 25.2 Å². The first-order chi connectivity index (χ1) is 16.1. The Morgan fingerprint density at radius 3 is 2.48 bits per heavy atom. The monoisotopic (exact) mass is 432 g/mol. The Bertz CT molecular complexity index is 1510. The molecule has 0 saturated carbocycles. The molecule has 0 unspecified atom stereocenters. The fourth-order valence-corrected chi connectivity index (χ4v) is 4.88. The lowest BCUT2D eigenvalue weighted by Gasteiger charge is -2.19. The molecule has 0 N–H and O–H groups in total. The van der Waals surface area contributed by atoms with Crippen LogP contribution in [-0.2, 0) is 13.1 Å². The Hall–Kier alpha value is -4.12. The molecule has 0 atom stereocenters. The fraction of sp³-hybridized carbons (Fsp3) is 0.143. The first-order valence-corrected chi connectivity index (χ1v) is 11.2. The van der Waals surface area contributed by atoms with Crippen molar-refractivity contribution in [2.45, 2.75) is 26.9 Å². The van der Waals surface area contributed by atoms with E-state index in [9.17, 15) is 4.79 Å². The number of carbonyl (C=O) groups is 1. The van der Waals surface area contributed by atoms with E-state index in [0.29, 0.717) is 13.1 Å². The SMILES string of the molecule is Cc1ccc(-n2nc3c(c2-n2cccc2)CN(C(=O)c2cccc4ccccc24)C3)c(C)c1. The Kier molecular flexibility index (Phi) is 4.44. The highest BCUT2D eigenvalue weighted by atomic mass is 16.2. The van der Waals surface area contributed by atoms with Crippen LogP contribution in [0, 0.1) is 13.8 Å². The highest BCUT2D eigenvalue weighted by Crippen LogP contribution is 2.33. The standard InChI is InChI=1S/C28H24N4O/c1-19-12-13-26(20(2)16-19)32-27(30-14-5-6-15-30)24-17-31(18-25(24)29-32)28(33)23-11-7-9-21-8-3-4-10-22(21)23/h3-16H,17-18H2,1-2H3. The predicted molar refractivity (Wildman–Crippen MR) is 130 cm³/mol. The summed E-state index contributed by atoms with van der Waals surface area (Å²) in [5.74, 6) is 1.04. The van der Waals surface area contributed by atoms with Gasteiger partial charge in [0.25, 0.3) is 5.91 Å². The van der Waals surface area contributed by atoms with Crippen LogP contribution in [0.2, 0.25) is 0 Å². The minimum atomic E-state index is 0.0429. The quantitative estimate of drug-likeness (QED) is 0.373. The molecular weight excluding hydrogens is 408 g/mol. The van der Waals surface area contributed by atoms with E-state index in [1.165, 1.54) is 11.1 Å². The van der Waals surface area contributed by atoms with E-state index >= 15 is 0 Å². The summed E-state index contributed by atoms with van der Waals surface area (Å²) in [4.78, 5) is 15.5. The molecule has 6 rings (SSSR count). The molecule has 0 bridgehead atoms. The van der Waals surface area contributed by atoms with E-state index in [4.69, 9.17) is 5.10 Å². The second-order valence-electron chi connectivity index (χ2n) is 8.73. The molecule has 1 amide bonds. The van der Waals surface area contributed by atoms with E-state index in [0.717, 1.165) is 39.1 Å². The average Bonchev–Trinajstić information content (AvgIpc) is 3.54. The molecule has 5 nitrogen and oxygen atoms in total. The van der Waals surface area contributed by atoms with Gasteiger partial charge in [0.15, 0.2) is 0 Å². The number of aryl methyl sites for hydroxylation is 2. The molecular formula is C28H24N4O. The predicted octanol–water partition coefficient (Wildman–Crippen LogP) is 5.59. The molecule has 3 aromatic carbocycles. The van der Waals surface area contributed by atoms with Crippen molar-refractivity contribution in [1.29, 1.82) is 0 Å². The molecule has 162 valence electrons. The van der Waals surface area contributed by atoms with Crippen molar-refractivity contribution >= 4 is 16.7 Å². The van der Waals surface area contributed by atoms with Crippen LogP contribution in [0.5, 0.6) is 0 Å². The largest absolute Gasteiger partial charge is 0.328 e. The number of aromatic nitrogens is 3. The normalized spacial score (nSPS) is 13.0. The average molecular weight is 433 g/mol. The van der Waals surface area contributed by atoms with Crippen molar-refractivity contribution in [3.05, 3.63) is 113 Å². The van der Waals surface area contributed by atoms with Crippen LogP contribution in [0.25, 0.3) is 22.3 Å². The lowest BCUT2D eigenvalue weighted by Crippen LogP contribution is -2.26. The molecule has 3 heterocycles. The van der Waals surface area contributed by atoms with Gasteiger partial charge in [-0.3, -0.25) is 4.79 Å². The maximum atomic E-state index is 13.6. The maximum Gasteiger partial charge on any atom is 0.255 e. The van der Waals surface area contributed by atoms with Gasteiger partial charge < -0.3 is 9.47 Å². The van der Waals surface area contributed by atoms with Crippen molar-refractivity contribution in [3.63, 3.8) is 0 Å². The second kappa shape index (κ2) is 7.48. The fourth-order valence-electron chi connectivity index (χ4n) is 4.88. The summed E-state index contributed by atoms with van der Waals surface area (Å²) < 4.78 is 4.12. The highest BCUT2D eigenvalue weighted by Gasteiger charge is 2.32. The number of benzene rings is 3. The lowest BCUT2D eigenvalue weighted by molar-refractivity contribution is 0.0751. The summed E-state index contributed by atoms with van der Waals surface area (Å²) >= 11 is 0. The van der Waals surface area contributed by atoms with Crippen LogP contribution in [0.15, 0.2) is 85.2 Å². The lowest BCUT2D eigenvalue weighted by atomic mass is 10.0. The van der Waals surface area contributed by atoms with Crippen molar-refractivity contribution in [1.82, 2.24) is 19.2 Å². The molecule has 5 aromatic rings. The Labute approximate surface area is 192 Å². The molecule has 1 aliphatic heterocycles. The van der Waals surface area contributed by atoms with Gasteiger partial charge in [0.2, 0.25) is 0 Å². The van der Waals surface area contributed by atoms with Crippen LogP contribution < -0.4 is 0 Å². The molecule has 1 aliphatic rings. The van der Waals surface area contributed by atoms with Gasteiger partial charge in [-0.05, 0) is 54.4 Å². The summed E-state index contributed by atoms with van der Waals surface area (Å²) in [6.45, 7) is 5.26. The first kappa shape index (κ1) is 19.6. The number of rotatable bonds is 3. The van der Waals surface area contributed by atoms with Gasteiger partial charge in [-0.15, -0.1) is 0 Å². The topological polar surface area (TPSA) is 43.1 Å². The number of hydrogen-bond acceptors (Lipinski definition) is 2. The van der Waals surface area contributed by atoms with Gasteiger partial charge in [0, 0.05) is 23.5 Å².